The van der Waals surface area contributed by atoms with Gasteiger partial charge in [-0.1, -0.05) is 72.1 Å². The number of hydrogen-bond acceptors (Lipinski definition) is 1. The molecule has 0 spiro atoms. The second-order valence-corrected chi connectivity index (χ2v) is 6.98. The molecule has 1 nitrogen and oxygen atoms in total. The van der Waals surface area contributed by atoms with Gasteiger partial charge in [0.1, 0.15) is 0 Å². The predicted molar refractivity (Wildman–Crippen MR) is 93.5 cm³/mol. The molecule has 0 fully saturated rings. The zero-order valence-corrected chi connectivity index (χ0v) is 15.1. The summed E-state index contributed by atoms with van der Waals surface area (Å²) in [6.45, 7) is 14.4. The first-order valence-corrected chi connectivity index (χ1v) is 9.33. The molecule has 0 heterocycles. The van der Waals surface area contributed by atoms with Crippen LogP contribution in [0.15, 0.2) is 0 Å². The Morgan fingerprint density at radius 2 is 1.00 bits per heavy atom. The molecular formula is C19H41N. The third kappa shape index (κ3) is 9.80. The lowest BCUT2D eigenvalue weighted by molar-refractivity contribution is 0.110. The summed E-state index contributed by atoms with van der Waals surface area (Å²) in [5.74, 6) is 0. The van der Waals surface area contributed by atoms with Crippen molar-refractivity contribution >= 4 is 0 Å². The van der Waals surface area contributed by atoms with Gasteiger partial charge < -0.3 is 0 Å². The summed E-state index contributed by atoms with van der Waals surface area (Å²) in [7, 11) is 0. The van der Waals surface area contributed by atoms with Crippen LogP contribution in [0.3, 0.4) is 0 Å². The molecule has 0 aliphatic rings. The summed E-state index contributed by atoms with van der Waals surface area (Å²) in [6, 6.07) is 0. The van der Waals surface area contributed by atoms with Gasteiger partial charge in [-0.3, -0.25) is 4.90 Å². The highest BCUT2D eigenvalue weighted by molar-refractivity contribution is 4.79. The highest BCUT2D eigenvalue weighted by Crippen LogP contribution is 2.20. The number of hydrogen-bond donors (Lipinski definition) is 0. The molecule has 0 atom stereocenters. The predicted octanol–water partition coefficient (Wildman–Crippen LogP) is 6.42. The minimum atomic E-state index is 0.384. The van der Waals surface area contributed by atoms with Crippen molar-refractivity contribution in [2.24, 2.45) is 0 Å². The molecule has 0 aliphatic heterocycles. The third-order valence-corrected chi connectivity index (χ3v) is 4.78. The lowest BCUT2D eigenvalue weighted by Gasteiger charge is -2.38. The summed E-state index contributed by atoms with van der Waals surface area (Å²) in [5.41, 5.74) is 0.384. The van der Waals surface area contributed by atoms with Gasteiger partial charge in [-0.15, -0.1) is 0 Å². The summed E-state index contributed by atoms with van der Waals surface area (Å²) in [5, 5.41) is 0. The maximum atomic E-state index is 2.75. The smallest absolute Gasteiger partial charge is 0.0150 e. The van der Waals surface area contributed by atoms with Crippen LogP contribution in [0.4, 0.5) is 0 Å². The molecule has 0 aliphatic carbocycles. The van der Waals surface area contributed by atoms with Crippen LogP contribution in [-0.2, 0) is 0 Å². The largest absolute Gasteiger partial charge is 0.298 e. The maximum absolute atomic E-state index is 2.75. The minimum absolute atomic E-state index is 0.384. The quantitative estimate of drug-likeness (QED) is 0.333. The molecule has 0 bridgehead atoms. The molecule has 0 aromatic heterocycles. The van der Waals surface area contributed by atoms with E-state index in [2.05, 4.69) is 39.5 Å². The fourth-order valence-corrected chi connectivity index (χ4v) is 2.75. The molecule has 1 heteroatoms. The van der Waals surface area contributed by atoms with Crippen LogP contribution in [0.25, 0.3) is 0 Å². The molecule has 0 radical (unpaired) electrons. The van der Waals surface area contributed by atoms with Gasteiger partial charge in [0.15, 0.2) is 0 Å². The van der Waals surface area contributed by atoms with E-state index < -0.39 is 0 Å². The van der Waals surface area contributed by atoms with E-state index in [9.17, 15) is 0 Å². The Balaban J connectivity index is 3.96. The second kappa shape index (κ2) is 12.7. The van der Waals surface area contributed by atoms with E-state index in [1.54, 1.807) is 0 Å². The molecule has 0 saturated heterocycles. The standard InChI is InChI=1S/C19H41N/c1-6-9-11-13-15-17-20(19(4,5)8-3)18-16-14-12-10-7-2/h6-18H2,1-5H3. The number of nitrogens with zero attached hydrogens (tertiary/aromatic N) is 1. The van der Waals surface area contributed by atoms with Gasteiger partial charge in [0.05, 0.1) is 0 Å². The zero-order valence-electron chi connectivity index (χ0n) is 15.1. The van der Waals surface area contributed by atoms with Crippen LogP contribution in [0.1, 0.15) is 105 Å². The van der Waals surface area contributed by atoms with Crippen LogP contribution in [0, 0.1) is 0 Å². The van der Waals surface area contributed by atoms with Gasteiger partial charge in [-0.05, 0) is 46.2 Å². The summed E-state index contributed by atoms with van der Waals surface area (Å²) < 4.78 is 0. The van der Waals surface area contributed by atoms with E-state index in [0.717, 1.165) is 0 Å². The second-order valence-electron chi connectivity index (χ2n) is 6.98. The average molecular weight is 284 g/mol. The first-order valence-electron chi connectivity index (χ1n) is 9.33. The SMILES string of the molecule is CCCCCCCN(CCCCCCC)C(C)(C)CC. The van der Waals surface area contributed by atoms with Crippen molar-refractivity contribution in [1.29, 1.82) is 0 Å². The summed E-state index contributed by atoms with van der Waals surface area (Å²) >= 11 is 0. The molecule has 122 valence electrons. The average Bonchev–Trinajstić information content (AvgIpc) is 2.44. The van der Waals surface area contributed by atoms with Gasteiger partial charge in [-0.25, -0.2) is 0 Å². The van der Waals surface area contributed by atoms with Crippen molar-refractivity contribution in [2.75, 3.05) is 13.1 Å². The van der Waals surface area contributed by atoms with Crippen molar-refractivity contribution in [1.82, 2.24) is 4.90 Å². The van der Waals surface area contributed by atoms with Gasteiger partial charge in [0, 0.05) is 5.54 Å². The monoisotopic (exact) mass is 283 g/mol. The van der Waals surface area contributed by atoms with E-state index in [-0.39, 0.29) is 0 Å². The zero-order chi connectivity index (χ0) is 15.3. The topological polar surface area (TPSA) is 3.24 Å². The Morgan fingerprint density at radius 1 is 0.600 bits per heavy atom. The number of rotatable bonds is 14. The highest BCUT2D eigenvalue weighted by atomic mass is 15.2. The summed E-state index contributed by atoms with van der Waals surface area (Å²) in [4.78, 5) is 2.75. The van der Waals surface area contributed by atoms with Crippen molar-refractivity contribution < 1.29 is 0 Å². The van der Waals surface area contributed by atoms with Crippen molar-refractivity contribution in [3.8, 4) is 0 Å². The fraction of sp³-hybridized carbons (Fsp3) is 1.00. The molecule has 0 aromatic rings. The Labute approximate surface area is 129 Å². The molecule has 0 N–H and O–H groups in total. The third-order valence-electron chi connectivity index (χ3n) is 4.78. The molecule has 0 amide bonds. The van der Waals surface area contributed by atoms with Crippen molar-refractivity contribution in [2.45, 2.75) is 111 Å². The molecular weight excluding hydrogens is 242 g/mol. The maximum Gasteiger partial charge on any atom is 0.0150 e. The van der Waals surface area contributed by atoms with Gasteiger partial charge in [0.2, 0.25) is 0 Å². The molecule has 0 saturated carbocycles. The van der Waals surface area contributed by atoms with Gasteiger partial charge >= 0.3 is 0 Å². The van der Waals surface area contributed by atoms with Crippen LogP contribution in [0.2, 0.25) is 0 Å². The highest BCUT2D eigenvalue weighted by Gasteiger charge is 2.23. The van der Waals surface area contributed by atoms with Crippen LogP contribution < -0.4 is 0 Å². The Kier molecular flexibility index (Phi) is 12.7. The molecule has 0 aromatic carbocycles. The molecule has 0 rings (SSSR count). The molecule has 20 heavy (non-hydrogen) atoms. The lowest BCUT2D eigenvalue weighted by Crippen LogP contribution is -2.44. The first kappa shape index (κ1) is 20.0. The van der Waals surface area contributed by atoms with Crippen molar-refractivity contribution in [3.05, 3.63) is 0 Å². The normalized spacial score (nSPS) is 12.3. The fourth-order valence-electron chi connectivity index (χ4n) is 2.75. The van der Waals surface area contributed by atoms with Crippen LogP contribution in [0.5, 0.6) is 0 Å². The van der Waals surface area contributed by atoms with Gasteiger partial charge in [0.25, 0.3) is 0 Å². The van der Waals surface area contributed by atoms with E-state index in [4.69, 9.17) is 0 Å². The van der Waals surface area contributed by atoms with E-state index in [1.807, 2.05) is 0 Å². The minimum Gasteiger partial charge on any atom is -0.298 e. The Morgan fingerprint density at radius 3 is 1.35 bits per heavy atom. The lowest BCUT2D eigenvalue weighted by atomic mass is 9.97. The van der Waals surface area contributed by atoms with Crippen LogP contribution in [-0.4, -0.2) is 23.5 Å². The van der Waals surface area contributed by atoms with Crippen LogP contribution >= 0.6 is 0 Å². The van der Waals surface area contributed by atoms with E-state index >= 15 is 0 Å². The molecule has 0 unspecified atom stereocenters. The number of unbranched alkanes of at least 4 members (excludes halogenated alkanes) is 8. The first-order chi connectivity index (χ1) is 9.58. The van der Waals surface area contributed by atoms with E-state index in [0.29, 0.717) is 5.54 Å². The summed E-state index contributed by atoms with van der Waals surface area (Å²) in [6.07, 6.45) is 15.2. The van der Waals surface area contributed by atoms with Crippen molar-refractivity contribution in [3.63, 3.8) is 0 Å². The van der Waals surface area contributed by atoms with Gasteiger partial charge in [-0.2, -0.15) is 0 Å². The van der Waals surface area contributed by atoms with E-state index in [1.165, 1.54) is 83.7 Å². The Hall–Kier alpha value is -0.0400. The Bertz CT molecular complexity index is 184.